The SMILES string of the molecule is CC(C)c1ccccc1N1C=[N+](c2ccccc2C(C)C)CC1.[Cl-]. The fourth-order valence-corrected chi connectivity index (χ4v) is 3.34. The number of halogens is 1. The molecular formula is C21H27ClN2. The first-order valence-corrected chi connectivity index (χ1v) is 8.64. The average molecular weight is 343 g/mol. The van der Waals surface area contributed by atoms with Gasteiger partial charge in [0.15, 0.2) is 0 Å². The third-order valence-corrected chi connectivity index (χ3v) is 4.60. The van der Waals surface area contributed by atoms with E-state index in [9.17, 15) is 0 Å². The van der Waals surface area contributed by atoms with Crippen LogP contribution in [0.1, 0.15) is 50.7 Å². The Morgan fingerprint density at radius 3 is 2.08 bits per heavy atom. The molecule has 1 aliphatic heterocycles. The molecule has 0 radical (unpaired) electrons. The third kappa shape index (κ3) is 3.64. The molecule has 128 valence electrons. The van der Waals surface area contributed by atoms with E-state index in [1.165, 1.54) is 22.5 Å². The van der Waals surface area contributed by atoms with Crippen LogP contribution in [0.4, 0.5) is 11.4 Å². The normalized spacial score (nSPS) is 14.1. The number of hydrogen-bond acceptors (Lipinski definition) is 1. The number of hydrogen-bond donors (Lipinski definition) is 0. The zero-order chi connectivity index (χ0) is 16.4. The van der Waals surface area contributed by atoms with Gasteiger partial charge in [0.05, 0.1) is 0 Å². The molecule has 0 saturated heterocycles. The quantitative estimate of drug-likeness (QED) is 0.771. The Morgan fingerprint density at radius 2 is 1.42 bits per heavy atom. The molecule has 0 fully saturated rings. The minimum atomic E-state index is 0. The van der Waals surface area contributed by atoms with Gasteiger partial charge in [-0.05, 0) is 24.0 Å². The Labute approximate surface area is 152 Å². The van der Waals surface area contributed by atoms with Gasteiger partial charge in [-0.3, -0.25) is 0 Å². The van der Waals surface area contributed by atoms with E-state index < -0.39 is 0 Å². The highest BCUT2D eigenvalue weighted by atomic mass is 35.5. The van der Waals surface area contributed by atoms with Gasteiger partial charge in [0, 0.05) is 11.1 Å². The van der Waals surface area contributed by atoms with Gasteiger partial charge >= 0.3 is 0 Å². The summed E-state index contributed by atoms with van der Waals surface area (Å²) in [4.78, 5) is 2.40. The van der Waals surface area contributed by atoms with Crippen molar-refractivity contribution >= 4 is 17.7 Å². The molecule has 0 bridgehead atoms. The van der Waals surface area contributed by atoms with Crippen molar-refractivity contribution in [2.24, 2.45) is 0 Å². The van der Waals surface area contributed by atoms with Gasteiger partial charge < -0.3 is 12.4 Å². The first-order chi connectivity index (χ1) is 11.1. The van der Waals surface area contributed by atoms with Crippen molar-refractivity contribution in [3.63, 3.8) is 0 Å². The summed E-state index contributed by atoms with van der Waals surface area (Å²) in [6.45, 7) is 11.1. The number of nitrogens with zero attached hydrogens (tertiary/aromatic N) is 2. The van der Waals surface area contributed by atoms with Crippen LogP contribution in [0.15, 0.2) is 48.5 Å². The third-order valence-electron chi connectivity index (χ3n) is 4.60. The first kappa shape index (κ1) is 18.5. The molecule has 3 heteroatoms. The molecule has 24 heavy (non-hydrogen) atoms. The lowest BCUT2D eigenvalue weighted by atomic mass is 10.0. The summed E-state index contributed by atoms with van der Waals surface area (Å²) in [6.07, 6.45) is 2.28. The van der Waals surface area contributed by atoms with Crippen molar-refractivity contribution in [3.05, 3.63) is 59.7 Å². The number of para-hydroxylation sites is 2. The summed E-state index contributed by atoms with van der Waals surface area (Å²) in [6, 6.07) is 17.5. The highest BCUT2D eigenvalue weighted by Gasteiger charge is 2.26. The topological polar surface area (TPSA) is 6.25 Å². The van der Waals surface area contributed by atoms with Gasteiger partial charge in [-0.15, -0.1) is 0 Å². The van der Waals surface area contributed by atoms with Crippen LogP contribution >= 0.6 is 0 Å². The van der Waals surface area contributed by atoms with Crippen molar-refractivity contribution in [3.8, 4) is 0 Å². The largest absolute Gasteiger partial charge is 1.00 e. The van der Waals surface area contributed by atoms with Gasteiger partial charge in [-0.1, -0.05) is 64.1 Å². The summed E-state index contributed by atoms with van der Waals surface area (Å²) in [7, 11) is 0. The molecule has 0 amide bonds. The highest BCUT2D eigenvalue weighted by molar-refractivity contribution is 5.80. The molecule has 0 aromatic heterocycles. The molecule has 0 unspecified atom stereocenters. The van der Waals surface area contributed by atoms with E-state index in [1.54, 1.807) is 0 Å². The van der Waals surface area contributed by atoms with Gasteiger partial charge in [0.2, 0.25) is 6.34 Å². The Bertz CT molecular complexity index is 719. The standard InChI is InChI=1S/C21H27N2.ClH/c1-16(2)18-9-5-7-11-20(18)22-13-14-23(15-22)21-12-8-6-10-19(21)17(3)4;/h5-12,15-17H,13-14H2,1-4H3;1H/q+1;/p-1. The summed E-state index contributed by atoms with van der Waals surface area (Å²) in [5.41, 5.74) is 5.52. The molecule has 2 nitrogen and oxygen atoms in total. The van der Waals surface area contributed by atoms with E-state index in [2.05, 4.69) is 92.0 Å². The summed E-state index contributed by atoms with van der Waals surface area (Å²) < 4.78 is 2.40. The second-order valence-electron chi connectivity index (χ2n) is 6.93. The van der Waals surface area contributed by atoms with Gasteiger partial charge in [0.25, 0.3) is 0 Å². The first-order valence-electron chi connectivity index (χ1n) is 8.64. The molecular weight excluding hydrogens is 316 g/mol. The van der Waals surface area contributed by atoms with Gasteiger partial charge in [-0.2, -0.15) is 0 Å². The summed E-state index contributed by atoms with van der Waals surface area (Å²) in [5, 5.41) is 0. The monoisotopic (exact) mass is 342 g/mol. The van der Waals surface area contributed by atoms with E-state index in [0.29, 0.717) is 11.8 Å². The van der Waals surface area contributed by atoms with Gasteiger partial charge in [0.1, 0.15) is 24.5 Å². The Hall–Kier alpha value is -1.80. The fraction of sp³-hybridized carbons (Fsp3) is 0.381. The van der Waals surface area contributed by atoms with E-state index in [4.69, 9.17) is 0 Å². The van der Waals surface area contributed by atoms with E-state index in [-0.39, 0.29) is 12.4 Å². The molecule has 1 aliphatic rings. The van der Waals surface area contributed by atoms with E-state index >= 15 is 0 Å². The maximum Gasteiger partial charge on any atom is 0.244 e. The Morgan fingerprint density at radius 1 is 0.833 bits per heavy atom. The minimum Gasteiger partial charge on any atom is -1.00 e. The lowest BCUT2D eigenvalue weighted by molar-refractivity contribution is -0.424. The van der Waals surface area contributed by atoms with Crippen molar-refractivity contribution in [1.82, 2.24) is 0 Å². The highest BCUT2D eigenvalue weighted by Crippen LogP contribution is 2.30. The average Bonchev–Trinajstić information content (AvgIpc) is 3.04. The van der Waals surface area contributed by atoms with Crippen LogP contribution in [0.5, 0.6) is 0 Å². The van der Waals surface area contributed by atoms with Crippen LogP contribution in [0.2, 0.25) is 0 Å². The van der Waals surface area contributed by atoms with Crippen molar-refractivity contribution in [2.75, 3.05) is 18.0 Å². The second kappa shape index (κ2) is 7.85. The fourth-order valence-electron chi connectivity index (χ4n) is 3.34. The molecule has 0 spiro atoms. The van der Waals surface area contributed by atoms with Crippen LogP contribution in [-0.4, -0.2) is 24.0 Å². The van der Waals surface area contributed by atoms with Crippen LogP contribution in [-0.2, 0) is 0 Å². The lowest BCUT2D eigenvalue weighted by Crippen LogP contribution is -3.00. The Balaban J connectivity index is 0.00000208. The molecule has 0 saturated carbocycles. The van der Waals surface area contributed by atoms with Crippen LogP contribution in [0.25, 0.3) is 0 Å². The zero-order valence-electron chi connectivity index (χ0n) is 15.0. The van der Waals surface area contributed by atoms with E-state index in [0.717, 1.165) is 13.1 Å². The minimum absolute atomic E-state index is 0. The van der Waals surface area contributed by atoms with Crippen LogP contribution in [0, 0.1) is 0 Å². The van der Waals surface area contributed by atoms with Crippen molar-refractivity contribution in [2.45, 2.75) is 39.5 Å². The molecule has 2 aromatic rings. The smallest absolute Gasteiger partial charge is 0.244 e. The number of rotatable bonds is 4. The second-order valence-corrected chi connectivity index (χ2v) is 6.93. The maximum absolute atomic E-state index is 2.40. The number of anilines is 1. The molecule has 0 atom stereocenters. The number of benzene rings is 2. The molecule has 1 heterocycles. The predicted molar refractivity (Wildman–Crippen MR) is 99.3 cm³/mol. The van der Waals surface area contributed by atoms with Crippen molar-refractivity contribution in [1.29, 1.82) is 0 Å². The summed E-state index contributed by atoms with van der Waals surface area (Å²) >= 11 is 0. The molecule has 0 aliphatic carbocycles. The zero-order valence-corrected chi connectivity index (χ0v) is 15.8. The molecule has 3 rings (SSSR count). The van der Waals surface area contributed by atoms with Gasteiger partial charge in [-0.25, -0.2) is 9.48 Å². The molecule has 2 aromatic carbocycles. The van der Waals surface area contributed by atoms with Crippen LogP contribution in [0.3, 0.4) is 0 Å². The predicted octanol–water partition coefficient (Wildman–Crippen LogP) is 2.13. The van der Waals surface area contributed by atoms with Crippen molar-refractivity contribution < 1.29 is 17.0 Å². The Kier molecular flexibility index (Phi) is 6.06. The lowest BCUT2D eigenvalue weighted by Gasteiger charge is -2.14. The van der Waals surface area contributed by atoms with E-state index in [1.807, 2.05) is 0 Å². The molecule has 0 N–H and O–H groups in total. The maximum atomic E-state index is 2.40. The summed E-state index contributed by atoms with van der Waals surface area (Å²) in [5.74, 6) is 1.08. The van der Waals surface area contributed by atoms with Crippen LogP contribution < -0.4 is 17.3 Å².